The van der Waals surface area contributed by atoms with E-state index < -0.39 is 78.3 Å². The second kappa shape index (κ2) is 10.6. The number of methoxy groups -OCH3 is 1. The number of aromatic nitrogens is 2. The number of hydrogen-bond acceptors (Lipinski definition) is 13. The SMILES string of the molecule is COC(=O)Cc1cn([C@@H]2O[C@H](COP(=O)(O)OP(=O)(O)OP(=O)(O)O)[C@H](O)[C@@H]2O)c(=O)[nH]c1=O. The lowest BCUT2D eigenvalue weighted by molar-refractivity contribution is -0.139. The summed E-state index contributed by atoms with van der Waals surface area (Å²) in [6, 6.07) is 0. The summed E-state index contributed by atoms with van der Waals surface area (Å²) in [5.41, 5.74) is -2.33. The number of aliphatic hydroxyl groups is 2. The molecular formula is C12H19N2O17P3. The number of nitrogens with zero attached hydrogens (tertiary/aromatic N) is 1. The number of phosphoric acid groups is 3. The van der Waals surface area contributed by atoms with Gasteiger partial charge in [0.15, 0.2) is 6.23 Å². The lowest BCUT2D eigenvalue weighted by atomic mass is 10.1. The number of phosphoric ester groups is 1. The van der Waals surface area contributed by atoms with Gasteiger partial charge in [-0.2, -0.15) is 8.62 Å². The predicted octanol–water partition coefficient (Wildman–Crippen LogP) is -2.79. The molecule has 19 nitrogen and oxygen atoms in total. The first-order valence-electron chi connectivity index (χ1n) is 8.66. The summed E-state index contributed by atoms with van der Waals surface area (Å²) >= 11 is 0. The van der Waals surface area contributed by atoms with Crippen molar-refractivity contribution < 1.29 is 70.9 Å². The maximum absolute atomic E-state index is 12.1. The Morgan fingerprint density at radius 2 is 1.71 bits per heavy atom. The molecule has 0 amide bonds. The zero-order valence-corrected chi connectivity index (χ0v) is 19.4. The first-order chi connectivity index (χ1) is 15.4. The molecule has 1 aliphatic rings. The number of carbonyl (C=O) groups is 1. The average molecular weight is 556 g/mol. The molecule has 0 saturated carbocycles. The van der Waals surface area contributed by atoms with Gasteiger partial charge < -0.3 is 39.3 Å². The van der Waals surface area contributed by atoms with Crippen LogP contribution in [0.25, 0.3) is 0 Å². The number of H-pyrrole nitrogens is 1. The van der Waals surface area contributed by atoms with Crippen molar-refractivity contribution in [3.63, 3.8) is 0 Å². The molecule has 1 aliphatic heterocycles. The minimum absolute atomic E-state index is 0.270. The molecule has 1 fully saturated rings. The van der Waals surface area contributed by atoms with Crippen molar-refractivity contribution in [1.82, 2.24) is 9.55 Å². The molecule has 1 aromatic heterocycles. The van der Waals surface area contributed by atoms with Crippen LogP contribution < -0.4 is 11.2 Å². The number of aromatic amines is 1. The molecule has 22 heteroatoms. The Balaban J connectivity index is 2.16. The summed E-state index contributed by atoms with van der Waals surface area (Å²) in [6.45, 7) is -1.12. The van der Waals surface area contributed by atoms with Crippen LogP contribution in [-0.2, 0) is 47.5 Å². The molecule has 2 unspecified atom stereocenters. The highest BCUT2D eigenvalue weighted by molar-refractivity contribution is 7.66. The summed E-state index contributed by atoms with van der Waals surface area (Å²) < 4.78 is 55.3. The van der Waals surface area contributed by atoms with Gasteiger partial charge >= 0.3 is 35.1 Å². The second-order valence-corrected chi connectivity index (χ2v) is 10.9. The van der Waals surface area contributed by atoms with Crippen molar-refractivity contribution in [3.8, 4) is 0 Å². The Labute approximate surface area is 187 Å². The zero-order valence-electron chi connectivity index (χ0n) is 16.8. The van der Waals surface area contributed by atoms with Gasteiger partial charge in [-0.05, 0) is 0 Å². The first-order valence-corrected chi connectivity index (χ1v) is 13.2. The van der Waals surface area contributed by atoms with Crippen LogP contribution in [0.1, 0.15) is 11.8 Å². The van der Waals surface area contributed by atoms with Gasteiger partial charge in [-0.25, -0.2) is 18.5 Å². The van der Waals surface area contributed by atoms with Crippen molar-refractivity contribution in [2.24, 2.45) is 0 Å². The fourth-order valence-corrected chi connectivity index (χ4v) is 5.67. The van der Waals surface area contributed by atoms with Crippen LogP contribution in [0.2, 0.25) is 0 Å². The normalized spacial score (nSPS) is 26.6. The number of nitrogens with one attached hydrogen (secondary N) is 1. The molecule has 1 saturated heterocycles. The Kier molecular flexibility index (Phi) is 8.93. The fraction of sp³-hybridized carbons (Fsp3) is 0.583. The Morgan fingerprint density at radius 3 is 2.26 bits per heavy atom. The number of ether oxygens (including phenoxy) is 2. The Hall–Kier alpha value is -1.56. The average Bonchev–Trinajstić information content (AvgIpc) is 2.94. The highest BCUT2D eigenvalue weighted by atomic mass is 31.3. The van der Waals surface area contributed by atoms with Gasteiger partial charge in [-0.3, -0.25) is 23.7 Å². The number of aliphatic hydroxyl groups excluding tert-OH is 2. The van der Waals surface area contributed by atoms with Crippen LogP contribution in [0.3, 0.4) is 0 Å². The Bertz CT molecular complexity index is 1170. The third-order valence-electron chi connectivity index (χ3n) is 4.03. The monoisotopic (exact) mass is 556 g/mol. The van der Waals surface area contributed by atoms with Crippen molar-refractivity contribution >= 4 is 29.4 Å². The Morgan fingerprint density at radius 1 is 1.09 bits per heavy atom. The third kappa shape index (κ3) is 7.73. The molecular weight excluding hydrogens is 537 g/mol. The largest absolute Gasteiger partial charge is 0.490 e. The van der Waals surface area contributed by atoms with Crippen LogP contribution in [0.5, 0.6) is 0 Å². The van der Waals surface area contributed by atoms with Gasteiger partial charge in [0.25, 0.3) is 5.56 Å². The molecule has 194 valence electrons. The lowest BCUT2D eigenvalue weighted by Gasteiger charge is -2.19. The van der Waals surface area contributed by atoms with Crippen LogP contribution in [-0.4, -0.2) is 77.3 Å². The van der Waals surface area contributed by atoms with E-state index in [1.165, 1.54) is 0 Å². The predicted molar refractivity (Wildman–Crippen MR) is 103 cm³/mol. The fourth-order valence-electron chi connectivity index (χ4n) is 2.64. The molecule has 0 aliphatic carbocycles. The van der Waals surface area contributed by atoms with Crippen LogP contribution >= 0.6 is 23.5 Å². The van der Waals surface area contributed by atoms with E-state index >= 15 is 0 Å². The maximum Gasteiger partial charge on any atom is 0.490 e. The highest BCUT2D eigenvalue weighted by Crippen LogP contribution is 2.66. The molecule has 0 spiro atoms. The molecule has 2 rings (SSSR count). The smallest absolute Gasteiger partial charge is 0.469 e. The van der Waals surface area contributed by atoms with Crippen LogP contribution in [0, 0.1) is 0 Å². The van der Waals surface area contributed by atoms with Gasteiger partial charge in [-0.15, -0.1) is 0 Å². The van der Waals surface area contributed by atoms with Gasteiger partial charge in [0.1, 0.15) is 18.3 Å². The molecule has 0 aromatic carbocycles. The molecule has 7 N–H and O–H groups in total. The lowest BCUT2D eigenvalue weighted by Crippen LogP contribution is -2.39. The van der Waals surface area contributed by atoms with Crippen LogP contribution in [0.4, 0.5) is 0 Å². The first kappa shape index (κ1) is 28.7. The van der Waals surface area contributed by atoms with Crippen molar-refractivity contribution in [2.45, 2.75) is 31.0 Å². The summed E-state index contributed by atoms with van der Waals surface area (Å²) in [5.74, 6) is -0.836. The topological polar surface area (TPSA) is 291 Å². The number of rotatable bonds is 10. The standard InChI is InChI=1S/C12H19N2O17P3/c1-27-7(15)2-5-3-14(12(19)13-10(5)18)11-9(17)8(16)6(29-11)4-28-33(23,24)31-34(25,26)30-32(20,21)22/h3,6,8-9,11,16-17H,2,4H2,1H3,(H,23,24)(H,25,26)(H,13,18,19)(H2,20,21,22)/t6-,8+,9+,11-/m1/s1. The summed E-state index contributed by atoms with van der Waals surface area (Å²) in [6.07, 6.45) is -6.86. The number of carbonyl (C=O) groups excluding carboxylic acids is 1. The zero-order chi connectivity index (χ0) is 26.1. The minimum atomic E-state index is -5.79. The van der Waals surface area contributed by atoms with Gasteiger partial charge in [0.2, 0.25) is 0 Å². The van der Waals surface area contributed by atoms with Crippen LogP contribution in [0.15, 0.2) is 15.8 Å². The van der Waals surface area contributed by atoms with Crippen molar-refractivity contribution in [3.05, 3.63) is 32.6 Å². The molecule has 2 heterocycles. The highest BCUT2D eigenvalue weighted by Gasteiger charge is 2.46. The molecule has 0 bridgehead atoms. The molecule has 6 atom stereocenters. The van der Waals surface area contributed by atoms with Crippen molar-refractivity contribution in [2.75, 3.05) is 13.7 Å². The van der Waals surface area contributed by atoms with E-state index in [0.29, 0.717) is 4.57 Å². The second-order valence-electron chi connectivity index (χ2n) is 6.51. The number of esters is 1. The van der Waals surface area contributed by atoms with E-state index in [4.69, 9.17) is 19.4 Å². The van der Waals surface area contributed by atoms with Crippen molar-refractivity contribution in [1.29, 1.82) is 0 Å². The van der Waals surface area contributed by atoms with E-state index in [9.17, 15) is 43.2 Å². The van der Waals surface area contributed by atoms with Gasteiger partial charge in [0, 0.05) is 11.8 Å². The van der Waals surface area contributed by atoms with E-state index in [0.717, 1.165) is 13.3 Å². The summed E-state index contributed by atoms with van der Waals surface area (Å²) in [7, 11) is -15.9. The minimum Gasteiger partial charge on any atom is -0.469 e. The third-order valence-corrected chi connectivity index (χ3v) is 7.84. The van der Waals surface area contributed by atoms with E-state index in [2.05, 4.69) is 17.9 Å². The van der Waals surface area contributed by atoms with Gasteiger partial charge in [0.05, 0.1) is 20.1 Å². The maximum atomic E-state index is 12.1. The summed E-state index contributed by atoms with van der Waals surface area (Å²) in [4.78, 5) is 72.8. The van der Waals surface area contributed by atoms with Gasteiger partial charge in [-0.1, -0.05) is 0 Å². The number of hydrogen-bond donors (Lipinski definition) is 7. The van der Waals surface area contributed by atoms with E-state index in [1.54, 1.807) is 0 Å². The molecule has 1 aromatic rings. The van der Waals surface area contributed by atoms with E-state index in [-0.39, 0.29) is 5.56 Å². The quantitative estimate of drug-likeness (QED) is 0.113. The summed E-state index contributed by atoms with van der Waals surface area (Å²) in [5, 5.41) is 20.3. The van der Waals surface area contributed by atoms with E-state index in [1.807, 2.05) is 4.98 Å². The molecule has 0 radical (unpaired) electrons. The molecule has 34 heavy (non-hydrogen) atoms.